The van der Waals surface area contributed by atoms with Crippen molar-refractivity contribution in [3.05, 3.63) is 71.7 Å². The van der Waals surface area contributed by atoms with E-state index in [4.69, 9.17) is 0 Å². The van der Waals surface area contributed by atoms with Crippen LogP contribution < -0.4 is 10.6 Å². The third kappa shape index (κ3) is 5.72. The minimum atomic E-state index is 0. The first kappa shape index (κ1) is 22.6. The molecule has 0 amide bonds. The average molecular weight is 518 g/mol. The predicted octanol–water partition coefficient (Wildman–Crippen LogP) is 3.59. The Kier molecular flexibility index (Phi) is 8.09. The minimum Gasteiger partial charge on any atom is -0.354 e. The fraction of sp³-hybridized carbons (Fsp3) is 0.391. The van der Waals surface area contributed by atoms with Crippen LogP contribution in [0.25, 0.3) is 5.65 Å². The summed E-state index contributed by atoms with van der Waals surface area (Å²) in [4.78, 5) is 11.6. The van der Waals surface area contributed by atoms with Crippen molar-refractivity contribution in [3.8, 4) is 0 Å². The molecule has 1 aliphatic heterocycles. The topological polar surface area (TPSA) is 57.0 Å². The lowest BCUT2D eigenvalue weighted by Crippen LogP contribution is -2.48. The highest BCUT2D eigenvalue weighted by molar-refractivity contribution is 14.0. The van der Waals surface area contributed by atoms with Crippen molar-refractivity contribution in [2.24, 2.45) is 4.99 Å². The molecule has 2 N–H and O–H groups in total. The highest BCUT2D eigenvalue weighted by Gasteiger charge is 2.20. The summed E-state index contributed by atoms with van der Waals surface area (Å²) in [5.74, 6) is 0.847. The van der Waals surface area contributed by atoms with Crippen LogP contribution >= 0.6 is 24.0 Å². The smallest absolute Gasteiger partial charge is 0.191 e. The fourth-order valence-electron chi connectivity index (χ4n) is 3.92. The van der Waals surface area contributed by atoms with Gasteiger partial charge in [-0.25, -0.2) is 4.98 Å². The molecule has 2 aromatic heterocycles. The van der Waals surface area contributed by atoms with Crippen molar-refractivity contribution >= 4 is 35.6 Å². The molecule has 1 fully saturated rings. The zero-order chi connectivity index (χ0) is 20.1. The molecule has 0 spiro atoms. The Hall–Kier alpha value is -2.13. The Morgan fingerprint density at radius 3 is 2.57 bits per heavy atom. The molecule has 7 heteroatoms. The molecule has 30 heavy (non-hydrogen) atoms. The number of likely N-dealkylation sites (tertiary alicyclic amines) is 1. The van der Waals surface area contributed by atoms with Gasteiger partial charge in [0, 0.05) is 44.6 Å². The van der Waals surface area contributed by atoms with Crippen LogP contribution in [0.4, 0.5) is 0 Å². The van der Waals surface area contributed by atoms with E-state index in [2.05, 4.69) is 79.4 Å². The number of fused-ring (bicyclic) bond motifs is 1. The molecule has 6 nitrogen and oxygen atoms in total. The van der Waals surface area contributed by atoms with E-state index >= 15 is 0 Å². The highest BCUT2D eigenvalue weighted by Crippen LogP contribution is 2.14. The number of pyridine rings is 1. The molecule has 1 saturated heterocycles. The fourth-order valence-corrected chi connectivity index (χ4v) is 3.92. The molecule has 0 radical (unpaired) electrons. The molecule has 0 aliphatic carbocycles. The first-order chi connectivity index (χ1) is 14.2. The summed E-state index contributed by atoms with van der Waals surface area (Å²) in [5.41, 5.74) is 4.57. The number of aliphatic imine (C=N–C) groups is 1. The number of piperidine rings is 1. The van der Waals surface area contributed by atoms with Gasteiger partial charge in [-0.05, 0) is 37.5 Å². The summed E-state index contributed by atoms with van der Waals surface area (Å²) < 4.78 is 2.12. The highest BCUT2D eigenvalue weighted by atomic mass is 127. The van der Waals surface area contributed by atoms with E-state index in [1.807, 2.05) is 19.2 Å². The Labute approximate surface area is 195 Å². The second-order valence-electron chi connectivity index (χ2n) is 7.73. The van der Waals surface area contributed by atoms with Crippen molar-refractivity contribution in [3.63, 3.8) is 0 Å². The number of guanidine groups is 1. The summed E-state index contributed by atoms with van der Waals surface area (Å²) in [6.07, 6.45) is 4.34. The van der Waals surface area contributed by atoms with E-state index in [0.29, 0.717) is 12.6 Å². The van der Waals surface area contributed by atoms with Crippen LogP contribution in [0.3, 0.4) is 0 Å². The lowest BCUT2D eigenvalue weighted by Gasteiger charge is -2.33. The van der Waals surface area contributed by atoms with Gasteiger partial charge in [-0.3, -0.25) is 9.89 Å². The van der Waals surface area contributed by atoms with E-state index in [0.717, 1.165) is 49.8 Å². The molecular weight excluding hydrogens is 487 g/mol. The van der Waals surface area contributed by atoms with Gasteiger partial charge in [0.2, 0.25) is 0 Å². The molecule has 0 bridgehead atoms. The van der Waals surface area contributed by atoms with E-state index < -0.39 is 0 Å². The van der Waals surface area contributed by atoms with Crippen molar-refractivity contribution in [2.45, 2.75) is 38.9 Å². The number of hydrogen-bond donors (Lipinski definition) is 2. The first-order valence-electron chi connectivity index (χ1n) is 10.4. The SMILES string of the molecule is CN=C(NCc1cn2c(C)cccc2n1)NC1CCN(Cc2ccccc2)CC1.I. The lowest BCUT2D eigenvalue weighted by atomic mass is 10.0. The zero-order valence-corrected chi connectivity index (χ0v) is 20.0. The summed E-state index contributed by atoms with van der Waals surface area (Å²) in [6, 6.07) is 17.3. The number of hydrogen-bond acceptors (Lipinski definition) is 3. The van der Waals surface area contributed by atoms with Gasteiger partial charge in [0.1, 0.15) is 5.65 Å². The van der Waals surface area contributed by atoms with Gasteiger partial charge < -0.3 is 15.0 Å². The lowest BCUT2D eigenvalue weighted by molar-refractivity contribution is 0.198. The number of imidazole rings is 1. The van der Waals surface area contributed by atoms with Crippen molar-refractivity contribution in [1.29, 1.82) is 0 Å². The van der Waals surface area contributed by atoms with E-state index in [-0.39, 0.29) is 24.0 Å². The van der Waals surface area contributed by atoms with Gasteiger partial charge >= 0.3 is 0 Å². The second kappa shape index (κ2) is 10.8. The normalized spacial score (nSPS) is 15.7. The van der Waals surface area contributed by atoms with Gasteiger partial charge in [-0.2, -0.15) is 0 Å². The maximum atomic E-state index is 4.69. The minimum absolute atomic E-state index is 0. The molecule has 0 unspecified atom stereocenters. The van der Waals surface area contributed by atoms with Gasteiger partial charge in [0.25, 0.3) is 0 Å². The average Bonchev–Trinajstić information content (AvgIpc) is 3.18. The molecule has 0 saturated carbocycles. The molecular formula is C23H31IN6. The maximum absolute atomic E-state index is 4.69. The molecule has 1 aliphatic rings. The largest absolute Gasteiger partial charge is 0.354 e. The van der Waals surface area contributed by atoms with E-state index in [9.17, 15) is 0 Å². The van der Waals surface area contributed by atoms with Crippen LogP contribution in [-0.2, 0) is 13.1 Å². The monoisotopic (exact) mass is 518 g/mol. The van der Waals surface area contributed by atoms with Crippen molar-refractivity contribution in [1.82, 2.24) is 24.9 Å². The first-order valence-corrected chi connectivity index (χ1v) is 10.4. The maximum Gasteiger partial charge on any atom is 0.191 e. The Morgan fingerprint density at radius 1 is 1.10 bits per heavy atom. The number of nitrogens with zero attached hydrogens (tertiary/aromatic N) is 4. The molecule has 160 valence electrons. The van der Waals surface area contributed by atoms with Gasteiger partial charge in [-0.1, -0.05) is 36.4 Å². The number of aryl methyl sites for hydroxylation is 1. The Balaban J connectivity index is 0.00000256. The summed E-state index contributed by atoms with van der Waals surface area (Å²) in [6.45, 7) is 6.00. The Morgan fingerprint density at radius 2 is 1.87 bits per heavy atom. The molecule has 0 atom stereocenters. The quantitative estimate of drug-likeness (QED) is 0.308. The van der Waals surface area contributed by atoms with Crippen LogP contribution in [0.15, 0.2) is 59.7 Å². The van der Waals surface area contributed by atoms with Crippen LogP contribution in [0.1, 0.15) is 29.8 Å². The number of nitrogens with one attached hydrogen (secondary N) is 2. The Bertz CT molecular complexity index is 960. The summed E-state index contributed by atoms with van der Waals surface area (Å²) in [7, 11) is 1.83. The summed E-state index contributed by atoms with van der Waals surface area (Å²) in [5, 5.41) is 7.00. The zero-order valence-electron chi connectivity index (χ0n) is 17.7. The van der Waals surface area contributed by atoms with Gasteiger partial charge in [0.15, 0.2) is 5.96 Å². The molecule has 3 heterocycles. The number of benzene rings is 1. The van der Waals surface area contributed by atoms with Crippen LogP contribution in [0.5, 0.6) is 0 Å². The molecule has 4 rings (SSSR count). The van der Waals surface area contributed by atoms with Crippen molar-refractivity contribution in [2.75, 3.05) is 20.1 Å². The van der Waals surface area contributed by atoms with Crippen molar-refractivity contribution < 1.29 is 0 Å². The standard InChI is InChI=1S/C23H30N6.HI/c1-18-7-6-10-22-26-21(17-29(18)22)15-25-23(24-2)27-20-11-13-28(14-12-20)16-19-8-4-3-5-9-19;/h3-10,17,20H,11-16H2,1-2H3,(H2,24,25,27);1H. The number of aromatic nitrogens is 2. The number of rotatable bonds is 5. The predicted molar refractivity (Wildman–Crippen MR) is 133 cm³/mol. The second-order valence-corrected chi connectivity index (χ2v) is 7.73. The van der Waals surface area contributed by atoms with Crippen LogP contribution in [0.2, 0.25) is 0 Å². The van der Waals surface area contributed by atoms with Crippen LogP contribution in [0, 0.1) is 6.92 Å². The van der Waals surface area contributed by atoms with Gasteiger partial charge in [0.05, 0.1) is 12.2 Å². The third-order valence-electron chi connectivity index (χ3n) is 5.58. The molecule has 3 aromatic rings. The number of halogens is 1. The van der Waals surface area contributed by atoms with E-state index in [1.165, 1.54) is 11.3 Å². The third-order valence-corrected chi connectivity index (χ3v) is 5.58. The molecule has 1 aromatic carbocycles. The van der Waals surface area contributed by atoms with Crippen LogP contribution in [-0.4, -0.2) is 46.4 Å². The van der Waals surface area contributed by atoms with Gasteiger partial charge in [-0.15, -0.1) is 24.0 Å². The summed E-state index contributed by atoms with van der Waals surface area (Å²) >= 11 is 0. The van der Waals surface area contributed by atoms with E-state index in [1.54, 1.807) is 0 Å².